The standard InChI is InChI=1S/C25H30N4O3/c1-28-13-15-29(16-14-28)21-10-7-18(8-11-21)22-12-9-20(24(30)27-22)17-26-23(25(31)32)19-5-3-2-4-6-19/h2-3,6-12,23,26H,4-5,13-17H2,1H3,(H,27,30)(H,31,32). The fraction of sp³-hybridized carbons (Fsp3) is 0.360. The van der Waals surface area contributed by atoms with Crippen LogP contribution >= 0.6 is 0 Å². The molecule has 4 rings (SSSR count). The number of aromatic amines is 1. The highest BCUT2D eigenvalue weighted by molar-refractivity contribution is 5.77. The van der Waals surface area contributed by atoms with Crippen molar-refractivity contribution >= 4 is 11.7 Å². The Kier molecular flexibility index (Phi) is 6.87. The molecule has 32 heavy (non-hydrogen) atoms. The molecule has 1 fully saturated rings. The fourth-order valence-electron chi connectivity index (χ4n) is 4.17. The van der Waals surface area contributed by atoms with Crippen LogP contribution in [0.5, 0.6) is 0 Å². The number of carbonyl (C=O) groups is 1. The molecule has 0 saturated carbocycles. The third-order valence-corrected chi connectivity index (χ3v) is 6.19. The van der Waals surface area contributed by atoms with Gasteiger partial charge in [-0.05, 0) is 49.2 Å². The molecule has 1 unspecified atom stereocenters. The Labute approximate surface area is 188 Å². The van der Waals surface area contributed by atoms with Crippen molar-refractivity contribution in [3.63, 3.8) is 0 Å². The van der Waals surface area contributed by atoms with E-state index in [0.717, 1.165) is 49.4 Å². The molecule has 1 aromatic heterocycles. The molecular formula is C25H30N4O3. The molecule has 0 spiro atoms. The summed E-state index contributed by atoms with van der Waals surface area (Å²) in [5.41, 5.74) is 4.02. The van der Waals surface area contributed by atoms with Gasteiger partial charge >= 0.3 is 5.97 Å². The van der Waals surface area contributed by atoms with Crippen LogP contribution in [-0.2, 0) is 11.3 Å². The Bertz CT molecular complexity index is 1060. The summed E-state index contributed by atoms with van der Waals surface area (Å²) in [7, 11) is 2.14. The van der Waals surface area contributed by atoms with Gasteiger partial charge < -0.3 is 19.9 Å². The first kappa shape index (κ1) is 22.0. The molecule has 7 heteroatoms. The monoisotopic (exact) mass is 434 g/mol. The van der Waals surface area contributed by atoms with E-state index in [-0.39, 0.29) is 12.1 Å². The molecule has 1 saturated heterocycles. The summed E-state index contributed by atoms with van der Waals surface area (Å²) in [6, 6.07) is 11.1. The van der Waals surface area contributed by atoms with E-state index in [4.69, 9.17) is 0 Å². The third kappa shape index (κ3) is 5.18. The molecule has 168 valence electrons. The van der Waals surface area contributed by atoms with Gasteiger partial charge in [-0.3, -0.25) is 14.9 Å². The highest BCUT2D eigenvalue weighted by atomic mass is 16.4. The normalized spacial score (nSPS) is 17.8. The van der Waals surface area contributed by atoms with E-state index in [9.17, 15) is 14.7 Å². The number of anilines is 1. The molecule has 1 aliphatic heterocycles. The number of aromatic nitrogens is 1. The van der Waals surface area contributed by atoms with Crippen molar-refractivity contribution in [3.8, 4) is 11.3 Å². The zero-order chi connectivity index (χ0) is 22.5. The van der Waals surface area contributed by atoms with Crippen molar-refractivity contribution in [1.82, 2.24) is 15.2 Å². The minimum atomic E-state index is -0.931. The Morgan fingerprint density at radius 3 is 2.47 bits per heavy atom. The number of carboxylic acid groups (broad SMARTS) is 1. The average molecular weight is 435 g/mol. The number of piperazine rings is 1. The number of allylic oxidation sites excluding steroid dienone is 3. The highest BCUT2D eigenvalue weighted by Gasteiger charge is 2.22. The summed E-state index contributed by atoms with van der Waals surface area (Å²) in [5, 5.41) is 12.6. The fourth-order valence-corrected chi connectivity index (χ4v) is 4.17. The maximum atomic E-state index is 12.6. The lowest BCUT2D eigenvalue weighted by Crippen LogP contribution is -2.44. The summed E-state index contributed by atoms with van der Waals surface area (Å²) >= 11 is 0. The van der Waals surface area contributed by atoms with Gasteiger partial charge in [0.05, 0.1) is 0 Å². The lowest BCUT2D eigenvalue weighted by molar-refractivity contribution is -0.138. The number of nitrogens with one attached hydrogen (secondary N) is 2. The first-order valence-corrected chi connectivity index (χ1v) is 11.1. The van der Waals surface area contributed by atoms with Crippen LogP contribution in [0.1, 0.15) is 18.4 Å². The largest absolute Gasteiger partial charge is 0.480 e. The van der Waals surface area contributed by atoms with Crippen LogP contribution in [-0.4, -0.2) is 60.2 Å². The van der Waals surface area contributed by atoms with Gasteiger partial charge in [0.1, 0.15) is 6.04 Å². The first-order chi connectivity index (χ1) is 15.5. The Hall–Kier alpha value is -3.16. The van der Waals surface area contributed by atoms with Crippen LogP contribution in [0.4, 0.5) is 5.69 Å². The minimum absolute atomic E-state index is 0.190. The molecule has 2 aromatic rings. The van der Waals surface area contributed by atoms with E-state index in [0.29, 0.717) is 12.0 Å². The zero-order valence-electron chi connectivity index (χ0n) is 18.4. The van der Waals surface area contributed by atoms with Gasteiger partial charge in [-0.15, -0.1) is 0 Å². The number of likely N-dealkylation sites (N-methyl/N-ethyl adjacent to an activating group) is 1. The van der Waals surface area contributed by atoms with Gasteiger partial charge in [0.25, 0.3) is 5.56 Å². The SMILES string of the molecule is CN1CCN(c2ccc(-c3ccc(CNC(C(=O)O)C4=CCC=CC4)c(=O)[nH]3)cc2)CC1. The molecular weight excluding hydrogens is 404 g/mol. The first-order valence-electron chi connectivity index (χ1n) is 11.1. The molecule has 1 aliphatic carbocycles. The lowest BCUT2D eigenvalue weighted by atomic mass is 9.98. The molecule has 2 aliphatic rings. The molecule has 2 heterocycles. The van der Waals surface area contributed by atoms with Crippen molar-refractivity contribution < 1.29 is 9.90 Å². The van der Waals surface area contributed by atoms with Crippen LogP contribution in [0.2, 0.25) is 0 Å². The molecule has 0 radical (unpaired) electrons. The molecule has 7 nitrogen and oxygen atoms in total. The van der Waals surface area contributed by atoms with Crippen LogP contribution in [0.25, 0.3) is 11.3 Å². The minimum Gasteiger partial charge on any atom is -0.480 e. The van der Waals surface area contributed by atoms with Crippen molar-refractivity contribution in [2.45, 2.75) is 25.4 Å². The van der Waals surface area contributed by atoms with E-state index in [1.54, 1.807) is 6.07 Å². The number of nitrogens with zero attached hydrogens (tertiary/aromatic N) is 2. The van der Waals surface area contributed by atoms with Crippen molar-refractivity contribution in [2.24, 2.45) is 0 Å². The lowest BCUT2D eigenvalue weighted by Gasteiger charge is -2.34. The molecule has 1 aromatic carbocycles. The van der Waals surface area contributed by atoms with Crippen molar-refractivity contribution in [2.75, 3.05) is 38.1 Å². The zero-order valence-corrected chi connectivity index (χ0v) is 18.4. The van der Waals surface area contributed by atoms with Gasteiger partial charge in [-0.25, -0.2) is 0 Å². The number of rotatable bonds is 7. The average Bonchev–Trinajstić information content (AvgIpc) is 2.81. The second kappa shape index (κ2) is 9.97. The van der Waals surface area contributed by atoms with E-state index in [2.05, 4.69) is 39.3 Å². The van der Waals surface area contributed by atoms with Crippen molar-refractivity contribution in [1.29, 1.82) is 0 Å². The predicted octanol–water partition coefficient (Wildman–Crippen LogP) is 2.61. The quantitative estimate of drug-likeness (QED) is 0.581. The summed E-state index contributed by atoms with van der Waals surface area (Å²) in [6.07, 6.45) is 7.28. The van der Waals surface area contributed by atoms with Crippen LogP contribution in [0.15, 0.2) is 65.0 Å². The number of aliphatic carboxylic acids is 1. The van der Waals surface area contributed by atoms with E-state index >= 15 is 0 Å². The molecule has 1 atom stereocenters. The van der Waals surface area contributed by atoms with Crippen LogP contribution in [0.3, 0.4) is 0 Å². The Morgan fingerprint density at radius 2 is 1.84 bits per heavy atom. The Morgan fingerprint density at radius 1 is 1.09 bits per heavy atom. The smallest absolute Gasteiger partial charge is 0.325 e. The van der Waals surface area contributed by atoms with Crippen LogP contribution in [0, 0.1) is 0 Å². The number of H-pyrrole nitrogens is 1. The van der Waals surface area contributed by atoms with E-state index in [1.165, 1.54) is 5.69 Å². The number of benzene rings is 1. The number of pyridine rings is 1. The summed E-state index contributed by atoms with van der Waals surface area (Å²) in [5.74, 6) is -0.931. The second-order valence-corrected chi connectivity index (χ2v) is 8.41. The second-order valence-electron chi connectivity index (χ2n) is 8.41. The number of carboxylic acids is 1. The van der Waals surface area contributed by atoms with Gasteiger partial charge in [0, 0.05) is 49.7 Å². The van der Waals surface area contributed by atoms with Gasteiger partial charge in [-0.2, -0.15) is 0 Å². The number of hydrogen-bond donors (Lipinski definition) is 3. The summed E-state index contributed by atoms with van der Waals surface area (Å²) in [4.78, 5) is 32.0. The molecule has 0 bridgehead atoms. The molecule has 0 amide bonds. The summed E-state index contributed by atoms with van der Waals surface area (Å²) in [6.45, 7) is 4.33. The maximum absolute atomic E-state index is 12.6. The van der Waals surface area contributed by atoms with Crippen molar-refractivity contribution in [3.05, 3.63) is 76.1 Å². The van der Waals surface area contributed by atoms with E-state index < -0.39 is 12.0 Å². The highest BCUT2D eigenvalue weighted by Crippen LogP contribution is 2.22. The number of hydrogen-bond acceptors (Lipinski definition) is 5. The van der Waals surface area contributed by atoms with E-state index in [1.807, 2.05) is 36.4 Å². The molecule has 3 N–H and O–H groups in total. The van der Waals surface area contributed by atoms with Gasteiger partial charge in [-0.1, -0.05) is 36.4 Å². The van der Waals surface area contributed by atoms with Gasteiger partial charge in [0.15, 0.2) is 0 Å². The third-order valence-electron chi connectivity index (χ3n) is 6.19. The van der Waals surface area contributed by atoms with Crippen LogP contribution < -0.4 is 15.8 Å². The topological polar surface area (TPSA) is 88.7 Å². The van der Waals surface area contributed by atoms with Gasteiger partial charge in [0.2, 0.25) is 0 Å². The Balaban J connectivity index is 1.42. The predicted molar refractivity (Wildman–Crippen MR) is 127 cm³/mol. The maximum Gasteiger partial charge on any atom is 0.325 e. The summed E-state index contributed by atoms with van der Waals surface area (Å²) < 4.78 is 0.